The number of Topliss-reactive ketones (excluding diaryl/α,β-unsaturated/α-hetero) is 1. The molecule has 11 nitrogen and oxygen atoms in total. The number of hydrogen-bond acceptors (Lipinski definition) is 8. The molecule has 0 aromatic heterocycles. The molecule has 0 saturated heterocycles. The van der Waals surface area contributed by atoms with E-state index in [4.69, 9.17) is 15.2 Å². The van der Waals surface area contributed by atoms with Gasteiger partial charge in [0.1, 0.15) is 17.7 Å². The zero-order valence-corrected chi connectivity index (χ0v) is 27.5. The quantitative estimate of drug-likeness (QED) is 0.413. The second kappa shape index (κ2) is 14.7. The highest BCUT2D eigenvalue weighted by Gasteiger charge is 2.34. The minimum absolute atomic E-state index is 0.0944. The van der Waals surface area contributed by atoms with Crippen LogP contribution in [0.15, 0.2) is 36.4 Å². The van der Waals surface area contributed by atoms with Crippen molar-refractivity contribution in [1.82, 2.24) is 15.5 Å². The van der Waals surface area contributed by atoms with E-state index in [0.717, 1.165) is 27.8 Å². The summed E-state index contributed by atoms with van der Waals surface area (Å²) >= 11 is 0. The third-order valence-electron chi connectivity index (χ3n) is 7.85. The van der Waals surface area contributed by atoms with Gasteiger partial charge in [-0.2, -0.15) is 0 Å². The fourth-order valence-corrected chi connectivity index (χ4v) is 5.36. The van der Waals surface area contributed by atoms with E-state index in [1.54, 1.807) is 27.7 Å². The van der Waals surface area contributed by atoms with Crippen LogP contribution in [-0.4, -0.2) is 72.9 Å². The number of rotatable bonds is 6. The van der Waals surface area contributed by atoms with Crippen LogP contribution in [0.5, 0.6) is 0 Å². The number of methoxy groups -OCH3 is 1. The van der Waals surface area contributed by atoms with Crippen LogP contribution in [0.1, 0.15) is 68.8 Å². The highest BCUT2D eigenvalue weighted by atomic mass is 16.6. The highest BCUT2D eigenvalue weighted by Crippen LogP contribution is 2.33. The van der Waals surface area contributed by atoms with Crippen molar-refractivity contribution in [2.45, 2.75) is 84.5 Å². The molecule has 1 heterocycles. The number of fused-ring (bicyclic) bond motifs is 5. The van der Waals surface area contributed by atoms with Crippen molar-refractivity contribution in [3.05, 3.63) is 58.7 Å². The summed E-state index contributed by atoms with van der Waals surface area (Å²) in [7, 11) is 2.77. The molecule has 4 bridgehead atoms. The number of carbonyl (C=O) groups is 5. The zero-order valence-electron chi connectivity index (χ0n) is 27.5. The van der Waals surface area contributed by atoms with E-state index in [1.165, 1.54) is 19.1 Å². The van der Waals surface area contributed by atoms with E-state index in [0.29, 0.717) is 5.56 Å². The maximum absolute atomic E-state index is 14.0. The molecule has 4 N–H and O–H groups in total. The first-order chi connectivity index (χ1) is 21.0. The summed E-state index contributed by atoms with van der Waals surface area (Å²) in [4.78, 5) is 66.8. The third-order valence-corrected chi connectivity index (χ3v) is 7.85. The van der Waals surface area contributed by atoms with Gasteiger partial charge in [0, 0.05) is 32.4 Å². The largest absolute Gasteiger partial charge is 0.467 e. The molecular weight excluding hydrogens is 576 g/mol. The van der Waals surface area contributed by atoms with Gasteiger partial charge in [-0.15, -0.1) is 0 Å². The van der Waals surface area contributed by atoms with E-state index in [2.05, 4.69) is 10.6 Å². The number of esters is 1. The fourth-order valence-electron chi connectivity index (χ4n) is 5.36. The van der Waals surface area contributed by atoms with Crippen molar-refractivity contribution >= 4 is 29.7 Å². The predicted molar refractivity (Wildman–Crippen MR) is 170 cm³/mol. The summed E-state index contributed by atoms with van der Waals surface area (Å²) in [6.07, 6.45) is -0.483. The molecule has 0 aliphatic carbocycles. The smallest absolute Gasteiger partial charge is 0.407 e. The van der Waals surface area contributed by atoms with Crippen molar-refractivity contribution in [1.29, 1.82) is 0 Å². The second-order valence-corrected chi connectivity index (χ2v) is 12.8. The molecule has 0 radical (unpaired) electrons. The van der Waals surface area contributed by atoms with Crippen LogP contribution in [0.2, 0.25) is 0 Å². The van der Waals surface area contributed by atoms with Crippen LogP contribution >= 0.6 is 0 Å². The van der Waals surface area contributed by atoms with Crippen LogP contribution in [0.25, 0.3) is 11.1 Å². The lowest BCUT2D eigenvalue weighted by molar-refractivity contribution is -0.145. The van der Waals surface area contributed by atoms with Crippen LogP contribution < -0.4 is 16.4 Å². The topological polar surface area (TPSA) is 157 Å². The number of nitrogens with two attached hydrogens (primary N) is 1. The number of amides is 3. The van der Waals surface area contributed by atoms with Gasteiger partial charge in [0.2, 0.25) is 11.8 Å². The monoisotopic (exact) mass is 622 g/mol. The van der Waals surface area contributed by atoms with Crippen molar-refractivity contribution in [3.8, 4) is 11.1 Å². The lowest BCUT2D eigenvalue weighted by Crippen LogP contribution is -2.48. The highest BCUT2D eigenvalue weighted by molar-refractivity contribution is 5.95. The molecule has 11 heteroatoms. The van der Waals surface area contributed by atoms with Crippen molar-refractivity contribution < 1.29 is 33.4 Å². The maximum atomic E-state index is 14.0. The molecular formula is C34H46N4O7. The number of ketones is 1. The number of carbonyl (C=O) groups excluding carboxylic acids is 5. The Morgan fingerprint density at radius 2 is 1.67 bits per heavy atom. The average Bonchev–Trinajstić information content (AvgIpc) is 2.96. The summed E-state index contributed by atoms with van der Waals surface area (Å²) < 4.78 is 10.2. The summed E-state index contributed by atoms with van der Waals surface area (Å²) in [5.41, 5.74) is 10.7. The first-order valence-corrected chi connectivity index (χ1v) is 15.1. The summed E-state index contributed by atoms with van der Waals surface area (Å²) in [6, 6.07) is 8.44. The summed E-state index contributed by atoms with van der Waals surface area (Å²) in [5.74, 6) is -2.73. The summed E-state index contributed by atoms with van der Waals surface area (Å²) in [6.45, 7) is 10.9. The van der Waals surface area contributed by atoms with Crippen molar-refractivity contribution in [3.63, 3.8) is 0 Å². The number of alkyl carbamates (subject to hydrolysis) is 1. The molecule has 0 fully saturated rings. The number of ether oxygens (including phenoxy) is 2. The first-order valence-electron chi connectivity index (χ1n) is 15.1. The SMILES string of the molecule is COC(=O)[C@@H]1Cc2ccc(C)c(c2)-c2cc(ccc2C)[C@H](N(C)C(=O)[C@@H](N)CCNC(=O)OC(C)(C)C)C(=O)C[C@@H](C)C(=O)N1. The molecule has 3 amide bonds. The van der Waals surface area contributed by atoms with Gasteiger partial charge in [-0.1, -0.05) is 37.3 Å². The first kappa shape index (κ1) is 35.2. The maximum Gasteiger partial charge on any atom is 0.407 e. The summed E-state index contributed by atoms with van der Waals surface area (Å²) in [5, 5.41) is 5.35. The van der Waals surface area contributed by atoms with Gasteiger partial charge in [0.15, 0.2) is 5.78 Å². The van der Waals surface area contributed by atoms with Gasteiger partial charge < -0.3 is 30.7 Å². The van der Waals surface area contributed by atoms with E-state index < -0.39 is 53.5 Å². The Morgan fingerprint density at radius 3 is 2.29 bits per heavy atom. The van der Waals surface area contributed by atoms with E-state index >= 15 is 0 Å². The molecule has 3 rings (SSSR count). The Labute approximate surface area is 265 Å². The van der Waals surface area contributed by atoms with Crippen LogP contribution in [0.3, 0.4) is 0 Å². The minimum Gasteiger partial charge on any atom is -0.467 e. The van der Waals surface area contributed by atoms with Crippen LogP contribution in [0, 0.1) is 19.8 Å². The van der Waals surface area contributed by atoms with Gasteiger partial charge in [0.05, 0.1) is 13.2 Å². The lowest BCUT2D eigenvalue weighted by atomic mass is 9.87. The Bertz CT molecular complexity index is 1450. The second-order valence-electron chi connectivity index (χ2n) is 12.8. The Morgan fingerprint density at radius 1 is 1.04 bits per heavy atom. The van der Waals surface area contributed by atoms with Gasteiger partial charge in [-0.25, -0.2) is 9.59 Å². The Kier molecular flexibility index (Phi) is 11.5. The van der Waals surface area contributed by atoms with Crippen molar-refractivity contribution in [2.75, 3.05) is 20.7 Å². The molecule has 0 unspecified atom stereocenters. The number of nitrogens with zero attached hydrogens (tertiary/aromatic N) is 1. The van der Waals surface area contributed by atoms with E-state index in [9.17, 15) is 24.0 Å². The van der Waals surface area contributed by atoms with Gasteiger partial charge in [-0.3, -0.25) is 14.4 Å². The van der Waals surface area contributed by atoms with Crippen LogP contribution in [-0.2, 0) is 35.1 Å². The Hall–Kier alpha value is -4.25. The molecule has 2 aromatic carbocycles. The molecule has 1 aliphatic rings. The standard InChI is InChI=1S/C34H46N4O7/c1-19-9-11-22-16-24(19)25-18-23(12-10-20(25)2)29(28(39)15-21(3)30(40)37-27(17-22)32(42)44-8)38(7)31(41)26(35)13-14-36-33(43)45-34(4,5)6/h9-12,16,18,21,26-27,29H,13-15,17,35H2,1-8H3,(H,36,43)(H,37,40)/t21-,26+,27+,29+/m1/s1. The molecule has 2 aromatic rings. The van der Waals surface area contributed by atoms with Gasteiger partial charge in [0.25, 0.3) is 0 Å². The normalized spacial score (nSPS) is 19.4. The van der Waals surface area contributed by atoms with E-state index in [-0.39, 0.29) is 31.6 Å². The minimum atomic E-state index is -1.04. The van der Waals surface area contributed by atoms with Gasteiger partial charge >= 0.3 is 12.1 Å². The van der Waals surface area contributed by atoms with Gasteiger partial charge in [-0.05, 0) is 80.5 Å². The van der Waals surface area contributed by atoms with E-state index in [1.807, 2.05) is 50.2 Å². The number of hydrogen-bond donors (Lipinski definition) is 3. The number of aryl methyl sites for hydroxylation is 2. The molecule has 244 valence electrons. The number of nitrogens with one attached hydrogen (secondary N) is 2. The Balaban J connectivity index is 2.01. The van der Waals surface area contributed by atoms with Crippen LogP contribution in [0.4, 0.5) is 4.79 Å². The molecule has 0 saturated carbocycles. The molecule has 45 heavy (non-hydrogen) atoms. The molecule has 1 aliphatic heterocycles. The lowest BCUT2D eigenvalue weighted by Gasteiger charge is -2.31. The fraction of sp³-hybridized carbons (Fsp3) is 0.500. The van der Waals surface area contributed by atoms with Crippen molar-refractivity contribution in [2.24, 2.45) is 11.7 Å². The molecule has 4 atom stereocenters. The number of likely N-dealkylation sites (N-methyl/N-ethyl adjacent to an activating group) is 1. The predicted octanol–water partition coefficient (Wildman–Crippen LogP) is 3.52. The molecule has 0 spiro atoms. The third kappa shape index (κ3) is 9.13. The zero-order chi connectivity index (χ0) is 33.6. The number of benzene rings is 2. The average molecular weight is 623 g/mol.